The zero-order valence-corrected chi connectivity index (χ0v) is 25.2. The van der Waals surface area contributed by atoms with E-state index in [0.717, 1.165) is 51.0 Å². The Morgan fingerprint density at radius 1 is 1.21 bits per heavy atom. The lowest BCUT2D eigenvalue weighted by molar-refractivity contribution is -0.192. The quantitative estimate of drug-likeness (QED) is 0.265. The number of nitrogens with one attached hydrogen (secondary N) is 3. The highest BCUT2D eigenvalue weighted by Crippen LogP contribution is 2.34. The number of methoxy groups -OCH3 is 1. The minimum atomic E-state index is -5.08. The van der Waals surface area contributed by atoms with E-state index >= 15 is 0 Å². The number of carboxylic acid groups (broad SMARTS) is 1. The normalized spacial score (nSPS) is 20.2. The molecule has 2 saturated heterocycles. The summed E-state index contributed by atoms with van der Waals surface area (Å²) in [6, 6.07) is 7.81. The third kappa shape index (κ3) is 13.6. The molecule has 2 heterocycles. The fraction of sp³-hybridized carbons (Fsp3) is 0.679. The maximum atomic E-state index is 13.1. The van der Waals surface area contributed by atoms with Crippen molar-refractivity contribution >= 4 is 29.7 Å². The summed E-state index contributed by atoms with van der Waals surface area (Å²) in [6.07, 6.45) is -0.703. The van der Waals surface area contributed by atoms with Crippen molar-refractivity contribution in [3.63, 3.8) is 0 Å². The average Bonchev–Trinajstić information content (AvgIpc) is 2.99. The number of alkyl carbamates (subject to hydrolysis) is 1. The van der Waals surface area contributed by atoms with Gasteiger partial charge in [-0.05, 0) is 62.8 Å². The van der Waals surface area contributed by atoms with Crippen LogP contribution in [0.5, 0.6) is 0 Å². The van der Waals surface area contributed by atoms with E-state index < -0.39 is 18.2 Å². The number of halogens is 4. The molecule has 0 saturated carbocycles. The predicted molar refractivity (Wildman–Crippen MR) is 153 cm³/mol. The van der Waals surface area contributed by atoms with Gasteiger partial charge in [0.25, 0.3) is 0 Å². The monoisotopic (exact) mass is 638 g/mol. The number of alkyl halides is 3. The van der Waals surface area contributed by atoms with Gasteiger partial charge in [-0.1, -0.05) is 23.7 Å². The van der Waals surface area contributed by atoms with Crippen LogP contribution in [-0.2, 0) is 19.0 Å². The van der Waals surface area contributed by atoms with E-state index in [2.05, 4.69) is 20.7 Å². The maximum Gasteiger partial charge on any atom is 0.490 e. The molecular formula is C28H42ClF3N4O7. The van der Waals surface area contributed by atoms with Gasteiger partial charge in [0.05, 0.1) is 19.8 Å². The average molecular weight is 639 g/mol. The SMILES string of the molecule is CN[C@H](CNC(=O)N1CCC[C@@H](C(OCCNC(=O)OC)c2cccc(Cl)c2)C1)C[C@H]1CCCOC1.O=C(O)C(F)(F)F. The van der Waals surface area contributed by atoms with Gasteiger partial charge in [0, 0.05) is 56.4 Å². The fourth-order valence-electron chi connectivity index (χ4n) is 5.06. The summed E-state index contributed by atoms with van der Waals surface area (Å²) in [5.74, 6) is -2.11. The van der Waals surface area contributed by atoms with E-state index in [0.29, 0.717) is 37.2 Å². The fourth-order valence-corrected chi connectivity index (χ4v) is 5.26. The molecule has 4 atom stereocenters. The number of benzene rings is 1. The standard InChI is InChI=1S/C26H41ClN4O5.C2HF3O2/c1-28-23(14-19-6-5-12-35-18-19)16-30-25(32)31-11-4-8-21(17-31)24(20-7-3-9-22(27)15-20)36-13-10-29-26(33)34-2;3-2(4,5)1(6)7/h3,7,9,15,19,21,23-24,28H,4-6,8,10-14,16-18H2,1-2H3,(H,29,33)(H,30,32);(H,6,7)/t19-,21-,23+,24?;/m1./s1. The van der Waals surface area contributed by atoms with Gasteiger partial charge < -0.3 is 40.2 Å². The number of aliphatic carboxylic acids is 1. The summed E-state index contributed by atoms with van der Waals surface area (Å²) >= 11 is 6.27. The van der Waals surface area contributed by atoms with Gasteiger partial charge in [0.1, 0.15) is 0 Å². The zero-order valence-electron chi connectivity index (χ0n) is 24.5. The Kier molecular flexibility index (Phi) is 15.9. The van der Waals surface area contributed by atoms with Gasteiger partial charge in [0.15, 0.2) is 0 Å². The summed E-state index contributed by atoms with van der Waals surface area (Å²) in [5.41, 5.74) is 0.970. The van der Waals surface area contributed by atoms with Crippen LogP contribution in [0.15, 0.2) is 24.3 Å². The Hall–Kier alpha value is -2.81. The lowest BCUT2D eigenvalue weighted by Crippen LogP contribution is -2.50. The molecule has 3 rings (SSSR count). The number of ether oxygens (including phenoxy) is 3. The minimum Gasteiger partial charge on any atom is -0.475 e. The minimum absolute atomic E-state index is 0.0444. The van der Waals surface area contributed by atoms with Crippen LogP contribution in [0.25, 0.3) is 0 Å². The number of urea groups is 1. The van der Waals surface area contributed by atoms with Crippen molar-refractivity contribution in [1.29, 1.82) is 0 Å². The summed E-state index contributed by atoms with van der Waals surface area (Å²) in [5, 5.41) is 16.9. The van der Waals surface area contributed by atoms with E-state index in [1.165, 1.54) is 13.5 Å². The molecule has 4 N–H and O–H groups in total. The Morgan fingerprint density at radius 2 is 1.95 bits per heavy atom. The molecule has 0 spiro atoms. The van der Waals surface area contributed by atoms with Crippen molar-refractivity contribution in [1.82, 2.24) is 20.9 Å². The topological polar surface area (TPSA) is 138 Å². The first-order valence-electron chi connectivity index (χ1n) is 14.2. The largest absolute Gasteiger partial charge is 0.490 e. The number of likely N-dealkylation sites (N-methyl/N-ethyl adjacent to an activating group) is 1. The number of amides is 3. The van der Waals surface area contributed by atoms with Crippen molar-refractivity contribution in [2.75, 3.05) is 60.2 Å². The summed E-state index contributed by atoms with van der Waals surface area (Å²) in [6.45, 7) is 4.21. The molecule has 1 unspecified atom stereocenters. The van der Waals surface area contributed by atoms with Crippen LogP contribution in [-0.4, -0.2) is 100 Å². The van der Waals surface area contributed by atoms with Crippen molar-refractivity contribution in [2.24, 2.45) is 11.8 Å². The van der Waals surface area contributed by atoms with Gasteiger partial charge in [0.2, 0.25) is 0 Å². The van der Waals surface area contributed by atoms with Crippen molar-refractivity contribution in [3.05, 3.63) is 34.9 Å². The van der Waals surface area contributed by atoms with Crippen LogP contribution >= 0.6 is 11.6 Å². The summed E-state index contributed by atoms with van der Waals surface area (Å²) in [4.78, 5) is 35.2. The van der Waals surface area contributed by atoms with Crippen LogP contribution in [0.2, 0.25) is 5.02 Å². The number of likely N-dealkylation sites (tertiary alicyclic amines) is 1. The number of carbonyl (C=O) groups excluding carboxylic acids is 2. The highest BCUT2D eigenvalue weighted by atomic mass is 35.5. The van der Waals surface area contributed by atoms with Gasteiger partial charge >= 0.3 is 24.3 Å². The molecule has 3 amide bonds. The zero-order chi connectivity index (χ0) is 31.8. The number of nitrogens with zero attached hydrogens (tertiary/aromatic N) is 1. The molecule has 43 heavy (non-hydrogen) atoms. The van der Waals surface area contributed by atoms with E-state index in [1.54, 1.807) is 0 Å². The predicted octanol–water partition coefficient (Wildman–Crippen LogP) is 4.21. The second-order valence-corrected chi connectivity index (χ2v) is 10.8. The molecule has 2 aliphatic rings. The lowest BCUT2D eigenvalue weighted by atomic mass is 9.88. The lowest BCUT2D eigenvalue weighted by Gasteiger charge is -2.37. The first-order chi connectivity index (χ1) is 20.4. The van der Waals surface area contributed by atoms with Gasteiger partial charge in [-0.15, -0.1) is 0 Å². The Bertz CT molecular complexity index is 1010. The molecule has 15 heteroatoms. The number of hydrogen-bond acceptors (Lipinski definition) is 7. The molecule has 0 bridgehead atoms. The molecule has 244 valence electrons. The molecular weight excluding hydrogens is 597 g/mol. The van der Waals surface area contributed by atoms with Crippen molar-refractivity contribution < 1.29 is 46.9 Å². The molecule has 11 nitrogen and oxygen atoms in total. The van der Waals surface area contributed by atoms with Gasteiger partial charge in [-0.2, -0.15) is 13.2 Å². The first-order valence-corrected chi connectivity index (χ1v) is 14.6. The number of carboxylic acids is 1. The van der Waals surface area contributed by atoms with Gasteiger partial charge in [-0.25, -0.2) is 14.4 Å². The molecule has 0 radical (unpaired) electrons. The van der Waals surface area contributed by atoms with Crippen LogP contribution < -0.4 is 16.0 Å². The van der Waals surface area contributed by atoms with Crippen LogP contribution in [0.3, 0.4) is 0 Å². The maximum absolute atomic E-state index is 13.1. The second-order valence-electron chi connectivity index (χ2n) is 10.4. The number of hydrogen-bond donors (Lipinski definition) is 4. The number of carbonyl (C=O) groups is 3. The van der Waals surface area contributed by atoms with E-state index in [4.69, 9.17) is 31.0 Å². The molecule has 0 aliphatic carbocycles. The second kappa shape index (κ2) is 18.8. The van der Waals surface area contributed by atoms with Crippen molar-refractivity contribution in [3.8, 4) is 0 Å². The highest BCUT2D eigenvalue weighted by molar-refractivity contribution is 6.30. The third-order valence-corrected chi connectivity index (χ3v) is 7.46. The molecule has 1 aromatic carbocycles. The van der Waals surface area contributed by atoms with E-state index in [-0.39, 0.29) is 24.1 Å². The molecule has 2 aliphatic heterocycles. The van der Waals surface area contributed by atoms with E-state index in [9.17, 15) is 22.8 Å². The number of piperidine rings is 1. The molecule has 0 aromatic heterocycles. The summed E-state index contributed by atoms with van der Waals surface area (Å²) in [7, 11) is 3.27. The Labute approximate surface area is 254 Å². The highest BCUT2D eigenvalue weighted by Gasteiger charge is 2.38. The summed E-state index contributed by atoms with van der Waals surface area (Å²) < 4.78 is 48.2. The molecule has 2 fully saturated rings. The van der Waals surface area contributed by atoms with Crippen molar-refractivity contribution in [2.45, 2.75) is 50.4 Å². The van der Waals surface area contributed by atoms with Gasteiger partial charge in [-0.3, -0.25) is 0 Å². The van der Waals surface area contributed by atoms with E-state index in [1.807, 2.05) is 36.2 Å². The molecule has 1 aromatic rings. The Morgan fingerprint density at radius 3 is 2.56 bits per heavy atom. The Balaban J connectivity index is 0.000000821. The van der Waals surface area contributed by atoms with Crippen LogP contribution in [0, 0.1) is 11.8 Å². The van der Waals surface area contributed by atoms with Crippen LogP contribution in [0.1, 0.15) is 43.8 Å². The first kappa shape index (κ1) is 36.4. The number of rotatable bonds is 11. The van der Waals surface area contributed by atoms with Crippen LogP contribution in [0.4, 0.5) is 22.8 Å². The third-order valence-electron chi connectivity index (χ3n) is 7.23. The smallest absolute Gasteiger partial charge is 0.475 e.